The van der Waals surface area contributed by atoms with Crippen LogP contribution in [0.1, 0.15) is 31.2 Å². The molecule has 1 heterocycles. The summed E-state index contributed by atoms with van der Waals surface area (Å²) in [7, 11) is 1.65. The molecule has 5 heteroatoms. The van der Waals surface area contributed by atoms with Gasteiger partial charge in [-0.2, -0.15) is 4.98 Å². The standard InChI is InChI=1S/C17H23N3O2/c1-13(2)17-19-15(11-16(20-17)22-10-9-21-3)18-12-14-7-5-4-6-8-14/h4-8,11,13H,9-10,12H2,1-3H3,(H,18,19,20). The zero-order valence-corrected chi connectivity index (χ0v) is 13.4. The number of benzene rings is 1. The van der Waals surface area contributed by atoms with Crippen molar-refractivity contribution in [3.8, 4) is 5.88 Å². The highest BCUT2D eigenvalue weighted by Crippen LogP contribution is 2.19. The van der Waals surface area contributed by atoms with Gasteiger partial charge in [0, 0.05) is 25.6 Å². The fourth-order valence-corrected chi connectivity index (χ4v) is 1.88. The molecule has 5 nitrogen and oxygen atoms in total. The van der Waals surface area contributed by atoms with Crippen molar-refractivity contribution in [2.45, 2.75) is 26.3 Å². The topological polar surface area (TPSA) is 56.3 Å². The molecular weight excluding hydrogens is 278 g/mol. The number of hydrogen-bond donors (Lipinski definition) is 1. The zero-order valence-electron chi connectivity index (χ0n) is 13.4. The first-order valence-corrected chi connectivity index (χ1v) is 7.47. The zero-order chi connectivity index (χ0) is 15.8. The quantitative estimate of drug-likeness (QED) is 0.759. The number of anilines is 1. The van der Waals surface area contributed by atoms with E-state index in [0.717, 1.165) is 11.6 Å². The van der Waals surface area contributed by atoms with E-state index in [9.17, 15) is 0 Å². The van der Waals surface area contributed by atoms with Gasteiger partial charge in [0.1, 0.15) is 18.2 Å². The minimum Gasteiger partial charge on any atom is -0.475 e. The lowest BCUT2D eigenvalue weighted by atomic mass is 10.2. The second-order valence-electron chi connectivity index (χ2n) is 5.28. The third kappa shape index (κ3) is 5.00. The van der Waals surface area contributed by atoms with Crippen LogP contribution in [0.15, 0.2) is 36.4 Å². The van der Waals surface area contributed by atoms with Crippen LogP contribution in [0.3, 0.4) is 0 Å². The Kier molecular flexibility index (Phi) is 6.15. The number of nitrogens with one attached hydrogen (secondary N) is 1. The Bertz CT molecular complexity index is 573. The minimum absolute atomic E-state index is 0.239. The summed E-state index contributed by atoms with van der Waals surface area (Å²) in [4.78, 5) is 8.97. The molecule has 0 aliphatic heterocycles. The van der Waals surface area contributed by atoms with Crippen LogP contribution >= 0.6 is 0 Å². The van der Waals surface area contributed by atoms with Gasteiger partial charge in [-0.05, 0) is 5.56 Å². The van der Waals surface area contributed by atoms with Gasteiger partial charge >= 0.3 is 0 Å². The van der Waals surface area contributed by atoms with Gasteiger partial charge in [0.2, 0.25) is 5.88 Å². The van der Waals surface area contributed by atoms with Crippen molar-refractivity contribution in [1.82, 2.24) is 9.97 Å². The molecule has 2 rings (SSSR count). The molecule has 0 atom stereocenters. The first-order valence-electron chi connectivity index (χ1n) is 7.47. The summed E-state index contributed by atoms with van der Waals surface area (Å²) in [6.45, 7) is 5.86. The number of methoxy groups -OCH3 is 1. The average Bonchev–Trinajstić information content (AvgIpc) is 2.54. The van der Waals surface area contributed by atoms with Crippen LogP contribution in [0.25, 0.3) is 0 Å². The van der Waals surface area contributed by atoms with Gasteiger partial charge < -0.3 is 14.8 Å². The lowest BCUT2D eigenvalue weighted by Crippen LogP contribution is -2.10. The van der Waals surface area contributed by atoms with E-state index >= 15 is 0 Å². The first kappa shape index (κ1) is 16.2. The molecule has 1 N–H and O–H groups in total. The molecule has 2 aromatic rings. The van der Waals surface area contributed by atoms with Gasteiger partial charge in [-0.15, -0.1) is 0 Å². The Morgan fingerprint density at radius 3 is 2.55 bits per heavy atom. The van der Waals surface area contributed by atoms with Gasteiger partial charge in [-0.25, -0.2) is 4.98 Å². The molecule has 0 bridgehead atoms. The molecule has 118 valence electrons. The monoisotopic (exact) mass is 301 g/mol. The van der Waals surface area contributed by atoms with Crippen molar-refractivity contribution in [1.29, 1.82) is 0 Å². The number of aromatic nitrogens is 2. The molecule has 0 aliphatic rings. The lowest BCUT2D eigenvalue weighted by Gasteiger charge is -2.12. The van der Waals surface area contributed by atoms with Crippen molar-refractivity contribution in [3.63, 3.8) is 0 Å². The maximum absolute atomic E-state index is 5.61. The SMILES string of the molecule is COCCOc1cc(NCc2ccccc2)nc(C(C)C)n1. The second kappa shape index (κ2) is 8.34. The fraction of sp³-hybridized carbons (Fsp3) is 0.412. The van der Waals surface area contributed by atoms with Crippen molar-refractivity contribution < 1.29 is 9.47 Å². The Balaban J connectivity index is 2.08. The smallest absolute Gasteiger partial charge is 0.218 e. The highest BCUT2D eigenvalue weighted by Gasteiger charge is 2.09. The number of ether oxygens (including phenoxy) is 2. The van der Waals surface area contributed by atoms with E-state index < -0.39 is 0 Å². The van der Waals surface area contributed by atoms with Crippen LogP contribution < -0.4 is 10.1 Å². The normalized spacial score (nSPS) is 10.7. The van der Waals surface area contributed by atoms with E-state index in [1.54, 1.807) is 7.11 Å². The molecular formula is C17H23N3O2. The van der Waals surface area contributed by atoms with Crippen LogP contribution in [-0.2, 0) is 11.3 Å². The van der Waals surface area contributed by atoms with Gasteiger partial charge in [0.15, 0.2) is 0 Å². The van der Waals surface area contributed by atoms with Crippen molar-refractivity contribution in [3.05, 3.63) is 47.8 Å². The molecule has 0 radical (unpaired) electrons. The van der Waals surface area contributed by atoms with Gasteiger partial charge in [-0.3, -0.25) is 0 Å². The Morgan fingerprint density at radius 1 is 1.09 bits per heavy atom. The fourth-order valence-electron chi connectivity index (χ4n) is 1.88. The molecule has 22 heavy (non-hydrogen) atoms. The summed E-state index contributed by atoms with van der Waals surface area (Å²) in [5.74, 6) is 2.36. The maximum Gasteiger partial charge on any atom is 0.218 e. The lowest BCUT2D eigenvalue weighted by molar-refractivity contribution is 0.143. The Hall–Kier alpha value is -2.14. The van der Waals surface area contributed by atoms with Crippen molar-refractivity contribution >= 4 is 5.82 Å². The molecule has 1 aromatic carbocycles. The summed E-state index contributed by atoms with van der Waals surface area (Å²) in [5, 5.41) is 3.32. The van der Waals surface area contributed by atoms with Crippen LogP contribution in [0.5, 0.6) is 5.88 Å². The first-order chi connectivity index (χ1) is 10.7. The average molecular weight is 301 g/mol. The third-order valence-electron chi connectivity index (χ3n) is 3.09. The highest BCUT2D eigenvalue weighted by molar-refractivity contribution is 5.39. The maximum atomic E-state index is 5.61. The molecule has 1 aromatic heterocycles. The minimum atomic E-state index is 0.239. The van der Waals surface area contributed by atoms with E-state index in [4.69, 9.17) is 9.47 Å². The van der Waals surface area contributed by atoms with E-state index in [1.165, 1.54) is 5.56 Å². The summed E-state index contributed by atoms with van der Waals surface area (Å²) in [5.41, 5.74) is 1.20. The summed E-state index contributed by atoms with van der Waals surface area (Å²) >= 11 is 0. The van der Waals surface area contributed by atoms with E-state index in [0.29, 0.717) is 25.6 Å². The molecule has 0 unspecified atom stereocenters. The molecule has 0 aliphatic carbocycles. The van der Waals surface area contributed by atoms with Crippen molar-refractivity contribution in [2.75, 3.05) is 25.6 Å². The Morgan fingerprint density at radius 2 is 1.86 bits per heavy atom. The largest absolute Gasteiger partial charge is 0.475 e. The van der Waals surface area contributed by atoms with Gasteiger partial charge in [-0.1, -0.05) is 44.2 Å². The third-order valence-corrected chi connectivity index (χ3v) is 3.09. The molecule has 0 spiro atoms. The highest BCUT2D eigenvalue weighted by atomic mass is 16.5. The molecule has 0 saturated heterocycles. The van der Waals surface area contributed by atoms with Crippen LogP contribution in [0.4, 0.5) is 5.82 Å². The Labute approximate surface area is 131 Å². The number of hydrogen-bond acceptors (Lipinski definition) is 5. The van der Waals surface area contributed by atoms with E-state index in [1.807, 2.05) is 24.3 Å². The van der Waals surface area contributed by atoms with Crippen LogP contribution in [-0.4, -0.2) is 30.3 Å². The van der Waals surface area contributed by atoms with Gasteiger partial charge in [0.25, 0.3) is 0 Å². The van der Waals surface area contributed by atoms with E-state index in [2.05, 4.69) is 41.3 Å². The number of rotatable bonds is 8. The summed E-state index contributed by atoms with van der Waals surface area (Å²) in [6.07, 6.45) is 0. The number of nitrogens with zero attached hydrogens (tertiary/aromatic N) is 2. The van der Waals surface area contributed by atoms with Gasteiger partial charge in [0.05, 0.1) is 6.61 Å². The van der Waals surface area contributed by atoms with Crippen molar-refractivity contribution in [2.24, 2.45) is 0 Å². The second-order valence-corrected chi connectivity index (χ2v) is 5.28. The van der Waals surface area contributed by atoms with Crippen LogP contribution in [0.2, 0.25) is 0 Å². The predicted octanol–water partition coefficient (Wildman–Crippen LogP) is 3.24. The van der Waals surface area contributed by atoms with E-state index in [-0.39, 0.29) is 5.92 Å². The molecule has 0 amide bonds. The summed E-state index contributed by atoms with van der Waals surface area (Å²) < 4.78 is 10.6. The molecule has 0 saturated carbocycles. The summed E-state index contributed by atoms with van der Waals surface area (Å²) in [6, 6.07) is 12.0. The molecule has 0 fully saturated rings. The predicted molar refractivity (Wildman–Crippen MR) is 87.3 cm³/mol. The van der Waals surface area contributed by atoms with Crippen LogP contribution in [0, 0.1) is 0 Å².